The molecule has 28 heavy (non-hydrogen) atoms. The first-order valence-corrected chi connectivity index (χ1v) is 9.05. The number of nitrogens with zero attached hydrogens (tertiary/aromatic N) is 3. The van der Waals surface area contributed by atoms with Crippen molar-refractivity contribution in [3.8, 4) is 0 Å². The van der Waals surface area contributed by atoms with Crippen LogP contribution in [0.25, 0.3) is 0 Å². The summed E-state index contributed by atoms with van der Waals surface area (Å²) in [7, 11) is 0. The lowest BCUT2D eigenvalue weighted by atomic mass is 10.0. The van der Waals surface area contributed by atoms with Gasteiger partial charge in [-0.2, -0.15) is 5.10 Å². The lowest BCUT2D eigenvalue weighted by Crippen LogP contribution is -2.27. The fourth-order valence-electron chi connectivity index (χ4n) is 2.83. The van der Waals surface area contributed by atoms with E-state index in [-0.39, 0.29) is 18.9 Å². The summed E-state index contributed by atoms with van der Waals surface area (Å²) >= 11 is 5.84. The van der Waals surface area contributed by atoms with Gasteiger partial charge in [-0.05, 0) is 29.7 Å². The number of amides is 1. The van der Waals surface area contributed by atoms with Crippen LogP contribution in [-0.4, -0.2) is 36.3 Å². The first-order valence-electron chi connectivity index (χ1n) is 8.68. The van der Waals surface area contributed by atoms with Crippen LogP contribution in [0.3, 0.4) is 0 Å². The van der Waals surface area contributed by atoms with E-state index >= 15 is 0 Å². The number of nitrogens with one attached hydrogen (secondary N) is 1. The zero-order chi connectivity index (χ0) is 20.1. The Morgan fingerprint density at radius 3 is 2.79 bits per heavy atom. The molecule has 0 radical (unpaired) electrons. The summed E-state index contributed by atoms with van der Waals surface area (Å²) in [4.78, 5) is 16.6. The van der Waals surface area contributed by atoms with Crippen molar-refractivity contribution in [3.63, 3.8) is 0 Å². The van der Waals surface area contributed by atoms with Gasteiger partial charge in [0.1, 0.15) is 30.1 Å². The largest absolute Gasteiger partial charge is 0.473 e. The van der Waals surface area contributed by atoms with Crippen molar-refractivity contribution in [2.45, 2.75) is 25.3 Å². The summed E-state index contributed by atoms with van der Waals surface area (Å²) < 4.78 is 32.5. The van der Waals surface area contributed by atoms with Crippen LogP contribution in [0.2, 0.25) is 0 Å². The Kier molecular flexibility index (Phi) is 6.41. The summed E-state index contributed by atoms with van der Waals surface area (Å²) in [6, 6.07) is 2.71. The van der Waals surface area contributed by atoms with Crippen molar-refractivity contribution in [1.29, 1.82) is 0 Å². The Morgan fingerprint density at radius 1 is 1.32 bits per heavy atom. The van der Waals surface area contributed by atoms with Crippen molar-refractivity contribution >= 4 is 29.6 Å². The van der Waals surface area contributed by atoms with E-state index in [2.05, 4.69) is 22.0 Å². The number of halogens is 3. The molecule has 1 N–H and O–H groups in total. The Labute approximate surface area is 166 Å². The number of aliphatic imine (C=N–C) groups is 1. The lowest BCUT2D eigenvalue weighted by Gasteiger charge is -2.22. The Balaban J connectivity index is 1.51. The van der Waals surface area contributed by atoms with Crippen LogP contribution in [0.15, 0.2) is 51.7 Å². The summed E-state index contributed by atoms with van der Waals surface area (Å²) in [6.45, 7) is 4.44. The van der Waals surface area contributed by atoms with E-state index < -0.39 is 17.7 Å². The van der Waals surface area contributed by atoms with Crippen LogP contribution in [-0.2, 0) is 9.53 Å². The maximum atomic E-state index is 13.5. The third-order valence-corrected chi connectivity index (χ3v) is 4.45. The molecular weight excluding hydrogens is 390 g/mol. The number of benzene rings is 1. The molecular formula is C19H19ClF2N4O2. The van der Waals surface area contributed by atoms with Gasteiger partial charge in [0.05, 0.1) is 6.04 Å². The SMILES string of the molecule is C=C(CCC(=O)N1N=CCC1c1cc(F)cc(F)c1)COC1=NCNC(Cl)=C1. The van der Waals surface area contributed by atoms with Crippen molar-refractivity contribution < 1.29 is 18.3 Å². The molecule has 0 bridgehead atoms. The highest BCUT2D eigenvalue weighted by Gasteiger charge is 2.28. The van der Waals surface area contributed by atoms with Crippen LogP contribution in [0, 0.1) is 11.6 Å². The molecule has 0 saturated heterocycles. The third-order valence-electron chi connectivity index (χ3n) is 4.20. The summed E-state index contributed by atoms with van der Waals surface area (Å²) in [5.41, 5.74) is 1.08. The van der Waals surface area contributed by atoms with Crippen molar-refractivity contribution in [1.82, 2.24) is 10.3 Å². The van der Waals surface area contributed by atoms with E-state index in [9.17, 15) is 13.6 Å². The van der Waals surface area contributed by atoms with E-state index in [0.717, 1.165) is 6.07 Å². The van der Waals surface area contributed by atoms with Gasteiger partial charge in [0.15, 0.2) is 0 Å². The van der Waals surface area contributed by atoms with Crippen molar-refractivity contribution in [2.24, 2.45) is 10.1 Å². The molecule has 2 aliphatic rings. The van der Waals surface area contributed by atoms with Gasteiger partial charge in [0.25, 0.3) is 0 Å². The normalized spacial score (nSPS) is 18.4. The predicted octanol–water partition coefficient (Wildman–Crippen LogP) is 3.62. The number of hydrogen-bond acceptors (Lipinski definition) is 5. The molecule has 0 fully saturated rings. The van der Waals surface area contributed by atoms with Gasteiger partial charge < -0.3 is 10.1 Å². The maximum Gasteiger partial charge on any atom is 0.243 e. The predicted molar refractivity (Wildman–Crippen MR) is 103 cm³/mol. The smallest absolute Gasteiger partial charge is 0.243 e. The molecule has 3 rings (SSSR count). The van der Waals surface area contributed by atoms with E-state index in [4.69, 9.17) is 16.3 Å². The van der Waals surface area contributed by atoms with Crippen LogP contribution in [0.4, 0.5) is 8.78 Å². The zero-order valence-corrected chi connectivity index (χ0v) is 15.8. The molecule has 1 aromatic carbocycles. The summed E-state index contributed by atoms with van der Waals surface area (Å²) in [5.74, 6) is -1.23. The quantitative estimate of drug-likeness (QED) is 0.577. The minimum atomic E-state index is -0.685. The molecule has 1 unspecified atom stereocenters. The zero-order valence-electron chi connectivity index (χ0n) is 15.0. The number of carbonyl (C=O) groups is 1. The topological polar surface area (TPSA) is 66.3 Å². The Morgan fingerprint density at radius 2 is 2.07 bits per heavy atom. The highest BCUT2D eigenvalue weighted by atomic mass is 35.5. The van der Waals surface area contributed by atoms with E-state index in [0.29, 0.717) is 41.7 Å². The number of hydrogen-bond donors (Lipinski definition) is 1. The molecule has 0 aromatic heterocycles. The second kappa shape index (κ2) is 8.97. The monoisotopic (exact) mass is 408 g/mol. The Bertz CT molecular complexity index is 849. The third kappa shape index (κ3) is 5.16. The number of carbonyl (C=O) groups excluding carboxylic acids is 1. The molecule has 148 valence electrons. The average Bonchev–Trinajstić information content (AvgIpc) is 3.14. The lowest BCUT2D eigenvalue weighted by molar-refractivity contribution is -0.133. The van der Waals surface area contributed by atoms with Crippen LogP contribution in [0.5, 0.6) is 0 Å². The van der Waals surface area contributed by atoms with E-state index in [1.54, 1.807) is 12.3 Å². The van der Waals surface area contributed by atoms with Gasteiger partial charge in [0, 0.05) is 31.2 Å². The first-order chi connectivity index (χ1) is 13.4. The molecule has 2 aliphatic heterocycles. The van der Waals surface area contributed by atoms with Gasteiger partial charge in [-0.1, -0.05) is 18.2 Å². The fourth-order valence-corrected chi connectivity index (χ4v) is 2.98. The Hall–Kier alpha value is -2.74. The minimum absolute atomic E-state index is 0.151. The van der Waals surface area contributed by atoms with E-state index in [1.165, 1.54) is 17.1 Å². The highest BCUT2D eigenvalue weighted by Crippen LogP contribution is 2.30. The van der Waals surface area contributed by atoms with Gasteiger partial charge in [-0.25, -0.2) is 18.8 Å². The van der Waals surface area contributed by atoms with Gasteiger partial charge in [-0.15, -0.1) is 0 Å². The standard InChI is InChI=1S/C19H19ClF2N4O2/c1-12(10-28-18-9-17(20)23-11-24-18)2-3-19(27)26-16(4-5-25-26)13-6-14(21)8-15(22)7-13/h5-9,16,23H,1-4,10-11H2. The minimum Gasteiger partial charge on any atom is -0.473 e. The first kappa shape index (κ1) is 20.0. The van der Waals surface area contributed by atoms with Gasteiger partial charge in [0.2, 0.25) is 11.8 Å². The van der Waals surface area contributed by atoms with Crippen LogP contribution in [0.1, 0.15) is 30.9 Å². The maximum absolute atomic E-state index is 13.5. The molecule has 2 heterocycles. The molecule has 1 amide bonds. The molecule has 9 heteroatoms. The van der Waals surface area contributed by atoms with Gasteiger partial charge in [-0.3, -0.25) is 4.79 Å². The number of ether oxygens (including phenoxy) is 1. The van der Waals surface area contributed by atoms with Gasteiger partial charge >= 0.3 is 0 Å². The van der Waals surface area contributed by atoms with E-state index in [1.807, 2.05) is 0 Å². The average molecular weight is 409 g/mol. The number of hydrazone groups is 1. The second-order valence-corrected chi connectivity index (χ2v) is 6.76. The molecule has 6 nitrogen and oxygen atoms in total. The molecule has 0 saturated carbocycles. The van der Waals surface area contributed by atoms with Crippen LogP contribution >= 0.6 is 11.6 Å². The van der Waals surface area contributed by atoms with Crippen LogP contribution < -0.4 is 5.32 Å². The molecule has 1 atom stereocenters. The fraction of sp³-hybridized carbons (Fsp3) is 0.316. The summed E-state index contributed by atoms with van der Waals surface area (Å²) in [5, 5.41) is 8.59. The van der Waals surface area contributed by atoms with Crippen molar-refractivity contribution in [3.05, 3.63) is 58.8 Å². The second-order valence-electron chi connectivity index (χ2n) is 6.35. The molecule has 0 spiro atoms. The molecule has 0 aliphatic carbocycles. The number of rotatable bonds is 6. The highest BCUT2D eigenvalue weighted by molar-refractivity contribution is 6.30. The molecule has 1 aromatic rings. The summed E-state index contributed by atoms with van der Waals surface area (Å²) in [6.07, 6.45) is 4.07. The van der Waals surface area contributed by atoms with Crippen molar-refractivity contribution in [2.75, 3.05) is 13.3 Å².